The van der Waals surface area contributed by atoms with E-state index in [0.717, 1.165) is 6.54 Å². The van der Waals surface area contributed by atoms with E-state index in [1.807, 2.05) is 0 Å². The number of H-pyrrole nitrogens is 1. The Bertz CT molecular complexity index is 456. The molecule has 1 amide bonds. The summed E-state index contributed by atoms with van der Waals surface area (Å²) in [6.45, 7) is 1.40. The third-order valence-corrected chi connectivity index (χ3v) is 3.75. The maximum absolute atomic E-state index is 11.8. The van der Waals surface area contributed by atoms with Crippen LogP contribution >= 0.6 is 0 Å². The molecule has 5 heteroatoms. The summed E-state index contributed by atoms with van der Waals surface area (Å²) in [6.07, 6.45) is 9.24. The molecule has 1 aromatic heterocycles. The summed E-state index contributed by atoms with van der Waals surface area (Å²) in [5.74, 6) is -0.149. The van der Waals surface area contributed by atoms with Crippen LogP contribution < -0.4 is 16.2 Å². The highest BCUT2D eigenvalue weighted by atomic mass is 16.1. The molecule has 0 bridgehead atoms. The number of carbonyl (C=O) groups is 1. The fourth-order valence-corrected chi connectivity index (χ4v) is 2.59. The zero-order valence-corrected chi connectivity index (χ0v) is 11.8. The second-order valence-corrected chi connectivity index (χ2v) is 5.34. The van der Waals surface area contributed by atoms with E-state index in [0.29, 0.717) is 18.2 Å². The molecule has 1 aliphatic carbocycles. The summed E-state index contributed by atoms with van der Waals surface area (Å²) in [5.41, 5.74) is 0.288. The van der Waals surface area contributed by atoms with E-state index in [9.17, 15) is 9.59 Å². The minimum atomic E-state index is -0.198. The first-order valence-electron chi connectivity index (χ1n) is 7.46. The Kier molecular flexibility index (Phi) is 5.80. The standard InChI is InChI=1S/C15H23N3O2/c19-14-8-7-12(11-18-14)15(20)17-10-9-16-13-5-3-1-2-4-6-13/h7-8,11,13,16H,1-6,9-10H2,(H,17,20)(H,18,19). The van der Waals surface area contributed by atoms with Gasteiger partial charge >= 0.3 is 0 Å². The Labute approximate surface area is 119 Å². The van der Waals surface area contributed by atoms with E-state index in [-0.39, 0.29) is 11.5 Å². The molecule has 3 N–H and O–H groups in total. The van der Waals surface area contributed by atoms with Crippen molar-refractivity contribution >= 4 is 5.91 Å². The summed E-state index contributed by atoms with van der Waals surface area (Å²) in [5, 5.41) is 6.36. The van der Waals surface area contributed by atoms with Crippen molar-refractivity contribution in [3.63, 3.8) is 0 Å². The number of hydrogen-bond acceptors (Lipinski definition) is 3. The lowest BCUT2D eigenvalue weighted by Crippen LogP contribution is -2.37. The molecular weight excluding hydrogens is 254 g/mol. The molecular formula is C15H23N3O2. The number of hydrogen-bond donors (Lipinski definition) is 3. The number of rotatable bonds is 5. The molecule has 110 valence electrons. The average Bonchev–Trinajstić information content (AvgIpc) is 2.73. The van der Waals surface area contributed by atoms with Crippen LogP contribution in [0.2, 0.25) is 0 Å². The lowest BCUT2D eigenvalue weighted by Gasteiger charge is -2.16. The van der Waals surface area contributed by atoms with Gasteiger partial charge in [-0.15, -0.1) is 0 Å². The molecule has 0 unspecified atom stereocenters. The van der Waals surface area contributed by atoms with Crippen molar-refractivity contribution in [3.8, 4) is 0 Å². The molecule has 0 aromatic carbocycles. The van der Waals surface area contributed by atoms with Gasteiger partial charge in [-0.3, -0.25) is 9.59 Å². The number of amides is 1. The van der Waals surface area contributed by atoms with Gasteiger partial charge in [-0.05, 0) is 18.9 Å². The molecule has 0 saturated heterocycles. The first-order chi connectivity index (χ1) is 9.75. The highest BCUT2D eigenvalue weighted by Crippen LogP contribution is 2.16. The van der Waals surface area contributed by atoms with Crippen LogP contribution in [0.4, 0.5) is 0 Å². The molecule has 5 nitrogen and oxygen atoms in total. The Morgan fingerprint density at radius 3 is 2.55 bits per heavy atom. The second-order valence-electron chi connectivity index (χ2n) is 5.34. The van der Waals surface area contributed by atoms with Crippen molar-refractivity contribution in [1.29, 1.82) is 0 Å². The topological polar surface area (TPSA) is 74.0 Å². The molecule has 1 aliphatic rings. The molecule has 1 aromatic rings. The van der Waals surface area contributed by atoms with Crippen LogP contribution in [0.5, 0.6) is 0 Å². The Morgan fingerprint density at radius 1 is 1.15 bits per heavy atom. The summed E-state index contributed by atoms with van der Waals surface area (Å²) in [7, 11) is 0. The quantitative estimate of drug-likeness (QED) is 0.563. The largest absolute Gasteiger partial charge is 0.351 e. The minimum Gasteiger partial charge on any atom is -0.351 e. The van der Waals surface area contributed by atoms with Crippen LogP contribution in [0.3, 0.4) is 0 Å². The Morgan fingerprint density at radius 2 is 1.90 bits per heavy atom. The lowest BCUT2D eigenvalue weighted by atomic mass is 10.1. The van der Waals surface area contributed by atoms with Crippen molar-refractivity contribution in [1.82, 2.24) is 15.6 Å². The number of aromatic nitrogens is 1. The van der Waals surface area contributed by atoms with Crippen LogP contribution in [-0.2, 0) is 0 Å². The third kappa shape index (κ3) is 4.81. The number of carbonyl (C=O) groups excluding carboxylic acids is 1. The van der Waals surface area contributed by atoms with Gasteiger partial charge in [-0.1, -0.05) is 25.7 Å². The molecule has 2 rings (SSSR count). The zero-order valence-electron chi connectivity index (χ0n) is 11.8. The van der Waals surface area contributed by atoms with E-state index in [1.165, 1.54) is 56.9 Å². The van der Waals surface area contributed by atoms with E-state index < -0.39 is 0 Å². The highest BCUT2D eigenvalue weighted by molar-refractivity contribution is 5.93. The fourth-order valence-electron chi connectivity index (χ4n) is 2.59. The van der Waals surface area contributed by atoms with E-state index in [1.54, 1.807) is 0 Å². The van der Waals surface area contributed by atoms with Crippen LogP contribution in [0.1, 0.15) is 48.9 Å². The number of pyridine rings is 1. The van der Waals surface area contributed by atoms with Crippen molar-refractivity contribution in [3.05, 3.63) is 34.2 Å². The third-order valence-electron chi connectivity index (χ3n) is 3.75. The van der Waals surface area contributed by atoms with E-state index in [2.05, 4.69) is 15.6 Å². The normalized spacial score (nSPS) is 16.6. The predicted octanol–water partition coefficient (Wildman–Crippen LogP) is 1.42. The van der Waals surface area contributed by atoms with Gasteiger partial charge in [0.2, 0.25) is 5.56 Å². The van der Waals surface area contributed by atoms with Crippen LogP contribution in [0.25, 0.3) is 0 Å². The average molecular weight is 277 g/mol. The number of aromatic amines is 1. The van der Waals surface area contributed by atoms with Gasteiger partial charge in [0.15, 0.2) is 0 Å². The van der Waals surface area contributed by atoms with E-state index >= 15 is 0 Å². The van der Waals surface area contributed by atoms with Gasteiger partial charge in [0.05, 0.1) is 5.56 Å². The summed E-state index contributed by atoms with van der Waals surface area (Å²) < 4.78 is 0. The monoisotopic (exact) mass is 277 g/mol. The lowest BCUT2D eigenvalue weighted by molar-refractivity contribution is 0.0953. The van der Waals surface area contributed by atoms with Gasteiger partial charge in [-0.2, -0.15) is 0 Å². The van der Waals surface area contributed by atoms with Crippen molar-refractivity contribution in [2.45, 2.75) is 44.6 Å². The van der Waals surface area contributed by atoms with Gasteiger partial charge in [0, 0.05) is 31.4 Å². The van der Waals surface area contributed by atoms with Gasteiger partial charge in [0.25, 0.3) is 5.91 Å². The first kappa shape index (κ1) is 14.8. The minimum absolute atomic E-state index is 0.149. The molecule has 0 radical (unpaired) electrons. The predicted molar refractivity (Wildman–Crippen MR) is 78.9 cm³/mol. The molecule has 1 heterocycles. The summed E-state index contributed by atoms with van der Waals surface area (Å²) in [6, 6.07) is 3.49. The zero-order chi connectivity index (χ0) is 14.2. The van der Waals surface area contributed by atoms with Crippen molar-refractivity contribution in [2.24, 2.45) is 0 Å². The maximum Gasteiger partial charge on any atom is 0.252 e. The Hall–Kier alpha value is -1.62. The smallest absolute Gasteiger partial charge is 0.252 e. The highest BCUT2D eigenvalue weighted by Gasteiger charge is 2.11. The van der Waals surface area contributed by atoms with Gasteiger partial charge < -0.3 is 15.6 Å². The molecule has 0 spiro atoms. The SMILES string of the molecule is O=C(NCCNC1CCCCCC1)c1ccc(=O)[nH]c1. The maximum atomic E-state index is 11.8. The molecule has 0 aliphatic heterocycles. The Balaban J connectivity index is 1.66. The van der Waals surface area contributed by atoms with Crippen molar-refractivity contribution < 1.29 is 4.79 Å². The van der Waals surface area contributed by atoms with Crippen LogP contribution in [0, 0.1) is 0 Å². The molecule has 1 saturated carbocycles. The summed E-state index contributed by atoms with van der Waals surface area (Å²) in [4.78, 5) is 25.2. The molecule has 1 fully saturated rings. The van der Waals surface area contributed by atoms with Gasteiger partial charge in [0.1, 0.15) is 0 Å². The second kappa shape index (κ2) is 7.85. The number of nitrogens with one attached hydrogen (secondary N) is 3. The van der Waals surface area contributed by atoms with Crippen LogP contribution in [-0.4, -0.2) is 30.0 Å². The van der Waals surface area contributed by atoms with Gasteiger partial charge in [-0.25, -0.2) is 0 Å². The van der Waals surface area contributed by atoms with E-state index in [4.69, 9.17) is 0 Å². The molecule has 0 atom stereocenters. The van der Waals surface area contributed by atoms with Crippen LogP contribution in [0.15, 0.2) is 23.1 Å². The molecule has 20 heavy (non-hydrogen) atoms. The first-order valence-corrected chi connectivity index (χ1v) is 7.46. The fraction of sp³-hybridized carbons (Fsp3) is 0.600. The van der Waals surface area contributed by atoms with Crippen molar-refractivity contribution in [2.75, 3.05) is 13.1 Å². The summed E-state index contributed by atoms with van der Waals surface area (Å²) >= 11 is 0.